The minimum absolute atomic E-state index is 0.468. The summed E-state index contributed by atoms with van der Waals surface area (Å²) in [5.41, 5.74) is 2.25. The zero-order valence-corrected chi connectivity index (χ0v) is 11.7. The number of hydrogen-bond acceptors (Lipinski definition) is 3. The van der Waals surface area contributed by atoms with Gasteiger partial charge in [-0.15, -0.1) is 0 Å². The van der Waals surface area contributed by atoms with Crippen molar-refractivity contribution < 1.29 is 14.6 Å². The second-order valence-electron chi connectivity index (χ2n) is 4.94. The highest BCUT2D eigenvalue weighted by molar-refractivity contribution is 5.43. The van der Waals surface area contributed by atoms with E-state index in [2.05, 4.69) is 6.08 Å². The van der Waals surface area contributed by atoms with E-state index < -0.39 is 6.10 Å². The van der Waals surface area contributed by atoms with Gasteiger partial charge in [-0.2, -0.15) is 0 Å². The van der Waals surface area contributed by atoms with Gasteiger partial charge in [0.2, 0.25) is 0 Å². The molecule has 1 aliphatic rings. The first-order chi connectivity index (χ1) is 9.24. The lowest BCUT2D eigenvalue weighted by molar-refractivity contribution is 0.176. The van der Waals surface area contributed by atoms with E-state index in [1.54, 1.807) is 14.2 Å². The zero-order valence-electron chi connectivity index (χ0n) is 11.7. The number of aliphatic hydroxyl groups excluding tert-OH is 1. The van der Waals surface area contributed by atoms with Gasteiger partial charge in [0.1, 0.15) is 0 Å². The molecule has 1 aliphatic carbocycles. The minimum Gasteiger partial charge on any atom is -0.493 e. The molecule has 0 aliphatic heterocycles. The highest BCUT2D eigenvalue weighted by Crippen LogP contribution is 2.33. The average molecular weight is 262 g/mol. The van der Waals surface area contributed by atoms with Crippen LogP contribution in [0.5, 0.6) is 11.5 Å². The summed E-state index contributed by atoms with van der Waals surface area (Å²) in [6.45, 7) is 0. The van der Waals surface area contributed by atoms with Gasteiger partial charge in [-0.3, -0.25) is 0 Å². The molecule has 0 saturated heterocycles. The van der Waals surface area contributed by atoms with Crippen molar-refractivity contribution in [2.75, 3.05) is 14.2 Å². The van der Waals surface area contributed by atoms with Crippen molar-refractivity contribution in [3.8, 4) is 11.5 Å². The normalized spacial score (nSPS) is 16.7. The zero-order chi connectivity index (χ0) is 13.7. The van der Waals surface area contributed by atoms with Crippen LogP contribution >= 0.6 is 0 Å². The largest absolute Gasteiger partial charge is 0.493 e. The van der Waals surface area contributed by atoms with E-state index in [-0.39, 0.29) is 0 Å². The monoisotopic (exact) mass is 262 g/mol. The number of rotatable bonds is 5. The molecule has 0 amide bonds. The number of allylic oxidation sites excluding steroid dienone is 1. The van der Waals surface area contributed by atoms with Crippen LogP contribution in [0.3, 0.4) is 0 Å². The topological polar surface area (TPSA) is 38.7 Å². The molecule has 1 N–H and O–H groups in total. The summed E-state index contributed by atoms with van der Waals surface area (Å²) in [6.07, 6.45) is 7.30. The van der Waals surface area contributed by atoms with Crippen molar-refractivity contribution in [3.05, 3.63) is 35.4 Å². The molecule has 3 nitrogen and oxygen atoms in total. The molecule has 1 atom stereocenters. The van der Waals surface area contributed by atoms with Crippen LogP contribution in [0.15, 0.2) is 29.8 Å². The van der Waals surface area contributed by atoms with Crippen LogP contribution in [-0.2, 0) is 0 Å². The van der Waals surface area contributed by atoms with Crippen molar-refractivity contribution in [2.45, 2.75) is 38.2 Å². The Morgan fingerprint density at radius 2 is 1.95 bits per heavy atom. The SMILES string of the molecule is COc1ccc(C(O)CC2=CCCCC2)cc1OC. The first kappa shape index (κ1) is 13.9. The first-order valence-electron chi connectivity index (χ1n) is 6.82. The summed E-state index contributed by atoms with van der Waals surface area (Å²) in [4.78, 5) is 0. The molecular formula is C16H22O3. The molecule has 3 heteroatoms. The van der Waals surface area contributed by atoms with Crippen LogP contribution in [0.25, 0.3) is 0 Å². The molecule has 1 unspecified atom stereocenters. The predicted molar refractivity (Wildman–Crippen MR) is 75.7 cm³/mol. The highest BCUT2D eigenvalue weighted by atomic mass is 16.5. The number of aliphatic hydroxyl groups is 1. The van der Waals surface area contributed by atoms with Gasteiger partial charge in [0.05, 0.1) is 20.3 Å². The van der Waals surface area contributed by atoms with E-state index in [0.29, 0.717) is 11.5 Å². The Labute approximate surface area is 114 Å². The van der Waals surface area contributed by atoms with Crippen LogP contribution < -0.4 is 9.47 Å². The van der Waals surface area contributed by atoms with E-state index in [4.69, 9.17) is 9.47 Å². The Balaban J connectivity index is 2.10. The predicted octanol–water partition coefficient (Wildman–Crippen LogP) is 3.63. The summed E-state index contributed by atoms with van der Waals surface area (Å²) >= 11 is 0. The van der Waals surface area contributed by atoms with Gasteiger partial charge in [-0.25, -0.2) is 0 Å². The summed E-state index contributed by atoms with van der Waals surface area (Å²) < 4.78 is 10.5. The smallest absolute Gasteiger partial charge is 0.161 e. The van der Waals surface area contributed by atoms with Crippen molar-refractivity contribution in [1.82, 2.24) is 0 Å². The molecule has 1 aromatic carbocycles. The van der Waals surface area contributed by atoms with Gasteiger partial charge < -0.3 is 14.6 Å². The molecule has 19 heavy (non-hydrogen) atoms. The fourth-order valence-electron chi connectivity index (χ4n) is 2.52. The third kappa shape index (κ3) is 3.51. The Morgan fingerprint density at radius 3 is 2.58 bits per heavy atom. The van der Waals surface area contributed by atoms with Crippen molar-refractivity contribution in [1.29, 1.82) is 0 Å². The maximum atomic E-state index is 10.3. The van der Waals surface area contributed by atoms with Crippen LogP contribution in [0.4, 0.5) is 0 Å². The Morgan fingerprint density at radius 1 is 1.16 bits per heavy atom. The Bertz CT molecular complexity index is 451. The van der Waals surface area contributed by atoms with Gasteiger partial charge in [-0.1, -0.05) is 17.7 Å². The van der Waals surface area contributed by atoms with Crippen LogP contribution in [0.1, 0.15) is 43.8 Å². The first-order valence-corrected chi connectivity index (χ1v) is 6.82. The fourth-order valence-corrected chi connectivity index (χ4v) is 2.52. The van der Waals surface area contributed by atoms with E-state index in [9.17, 15) is 5.11 Å². The van der Waals surface area contributed by atoms with Crippen molar-refractivity contribution >= 4 is 0 Å². The van der Waals surface area contributed by atoms with Gasteiger partial charge in [-0.05, 0) is 49.8 Å². The summed E-state index contributed by atoms with van der Waals surface area (Å²) in [5.74, 6) is 1.35. The molecule has 0 heterocycles. The third-order valence-electron chi connectivity index (χ3n) is 3.63. The molecular weight excluding hydrogens is 240 g/mol. The maximum Gasteiger partial charge on any atom is 0.161 e. The minimum atomic E-state index is -0.468. The molecule has 0 bridgehead atoms. The summed E-state index contributed by atoms with van der Waals surface area (Å²) in [6, 6.07) is 5.59. The maximum absolute atomic E-state index is 10.3. The number of methoxy groups -OCH3 is 2. The molecule has 2 rings (SSSR count). The number of hydrogen-bond donors (Lipinski definition) is 1. The lowest BCUT2D eigenvalue weighted by atomic mass is 9.93. The van der Waals surface area contributed by atoms with Gasteiger partial charge in [0.15, 0.2) is 11.5 Å². The summed E-state index contributed by atoms with van der Waals surface area (Å²) in [5, 5.41) is 10.3. The van der Waals surface area contributed by atoms with E-state index in [0.717, 1.165) is 24.8 Å². The standard InChI is InChI=1S/C16H22O3/c1-18-15-9-8-13(11-16(15)19-2)14(17)10-12-6-4-3-5-7-12/h6,8-9,11,14,17H,3-5,7,10H2,1-2H3. The van der Waals surface area contributed by atoms with Crippen molar-refractivity contribution in [2.24, 2.45) is 0 Å². The molecule has 1 aromatic rings. The second-order valence-corrected chi connectivity index (χ2v) is 4.94. The second kappa shape index (κ2) is 6.62. The van der Waals surface area contributed by atoms with Crippen molar-refractivity contribution in [3.63, 3.8) is 0 Å². The lowest BCUT2D eigenvalue weighted by Gasteiger charge is -2.18. The molecule has 0 saturated carbocycles. The quantitative estimate of drug-likeness (QED) is 0.824. The van der Waals surface area contributed by atoms with Gasteiger partial charge in [0, 0.05) is 0 Å². The van der Waals surface area contributed by atoms with E-state index >= 15 is 0 Å². The molecule has 0 spiro atoms. The Hall–Kier alpha value is -1.48. The van der Waals surface area contributed by atoms with E-state index in [1.165, 1.54) is 18.4 Å². The molecule has 0 radical (unpaired) electrons. The summed E-state index contributed by atoms with van der Waals surface area (Å²) in [7, 11) is 3.22. The van der Waals surface area contributed by atoms with Gasteiger partial charge in [0.25, 0.3) is 0 Å². The number of ether oxygens (including phenoxy) is 2. The molecule has 0 fully saturated rings. The molecule has 0 aromatic heterocycles. The third-order valence-corrected chi connectivity index (χ3v) is 3.63. The van der Waals surface area contributed by atoms with Crippen LogP contribution in [0.2, 0.25) is 0 Å². The number of benzene rings is 1. The lowest BCUT2D eigenvalue weighted by Crippen LogP contribution is -2.02. The average Bonchev–Trinajstić information content (AvgIpc) is 2.47. The molecule has 104 valence electrons. The fraction of sp³-hybridized carbons (Fsp3) is 0.500. The van der Waals surface area contributed by atoms with Gasteiger partial charge >= 0.3 is 0 Å². The van der Waals surface area contributed by atoms with Crippen LogP contribution in [-0.4, -0.2) is 19.3 Å². The van der Waals surface area contributed by atoms with Crippen LogP contribution in [0, 0.1) is 0 Å². The highest BCUT2D eigenvalue weighted by Gasteiger charge is 2.14. The van der Waals surface area contributed by atoms with E-state index in [1.807, 2.05) is 18.2 Å². The Kier molecular flexibility index (Phi) is 4.86.